The summed E-state index contributed by atoms with van der Waals surface area (Å²) in [5, 5.41) is 10.6. The van der Waals surface area contributed by atoms with E-state index in [2.05, 4.69) is 34.6 Å². The van der Waals surface area contributed by atoms with Crippen molar-refractivity contribution < 1.29 is 13.7 Å². The Morgan fingerprint density at radius 1 is 1.25 bits per heavy atom. The molecule has 0 saturated heterocycles. The molecule has 28 heavy (non-hydrogen) atoms. The van der Waals surface area contributed by atoms with Gasteiger partial charge in [0.05, 0.1) is 18.5 Å². The number of hydrogen-bond donors (Lipinski definition) is 2. The average molecular weight is 390 g/mol. The first-order valence-electron chi connectivity index (χ1n) is 9.73. The number of amides is 1. The molecule has 0 radical (unpaired) electrons. The number of hydrogen-bond acceptors (Lipinski definition) is 5. The zero-order valence-corrected chi connectivity index (χ0v) is 17.2. The number of rotatable bonds is 10. The van der Waals surface area contributed by atoms with E-state index >= 15 is 0 Å². The normalized spacial score (nSPS) is 11.7. The predicted molar refractivity (Wildman–Crippen MR) is 108 cm³/mol. The third-order valence-electron chi connectivity index (χ3n) is 4.53. The Bertz CT molecular complexity index is 733. The van der Waals surface area contributed by atoms with Gasteiger partial charge >= 0.3 is 0 Å². The standard InChI is InChI=1S/C20H31N5O3/c1-5-15(6-2)18-12-17(28-24-18)13-22-20(23-14-19(26)25(3)4)21-10-9-16-8-7-11-27-16/h7-8,11-12,15H,5-6,9-10,13-14H2,1-4H3,(H2,21,22,23). The van der Waals surface area contributed by atoms with Crippen molar-refractivity contribution in [2.24, 2.45) is 4.99 Å². The Morgan fingerprint density at radius 2 is 2.04 bits per heavy atom. The molecule has 0 bridgehead atoms. The van der Waals surface area contributed by atoms with Gasteiger partial charge in [-0.15, -0.1) is 0 Å². The highest BCUT2D eigenvalue weighted by Gasteiger charge is 2.13. The summed E-state index contributed by atoms with van der Waals surface area (Å²) in [5.74, 6) is 2.52. The minimum atomic E-state index is -0.0668. The van der Waals surface area contributed by atoms with Gasteiger partial charge in [0.1, 0.15) is 12.3 Å². The smallest absolute Gasteiger partial charge is 0.243 e. The number of aliphatic imine (C=N–C) groups is 1. The second kappa shape index (κ2) is 11.2. The number of furan rings is 1. The summed E-state index contributed by atoms with van der Waals surface area (Å²) in [6.45, 7) is 5.44. The molecule has 8 nitrogen and oxygen atoms in total. The lowest BCUT2D eigenvalue weighted by molar-refractivity contribution is -0.127. The van der Waals surface area contributed by atoms with Crippen molar-refractivity contribution in [3.05, 3.63) is 41.7 Å². The van der Waals surface area contributed by atoms with Gasteiger partial charge in [-0.1, -0.05) is 19.0 Å². The summed E-state index contributed by atoms with van der Waals surface area (Å²) < 4.78 is 10.8. The van der Waals surface area contributed by atoms with Gasteiger partial charge in [-0.3, -0.25) is 4.79 Å². The van der Waals surface area contributed by atoms with E-state index in [-0.39, 0.29) is 12.5 Å². The number of nitrogens with one attached hydrogen (secondary N) is 2. The molecule has 154 valence electrons. The maximum atomic E-state index is 11.8. The van der Waals surface area contributed by atoms with Crippen molar-refractivity contribution in [2.75, 3.05) is 27.2 Å². The van der Waals surface area contributed by atoms with Gasteiger partial charge in [-0.2, -0.15) is 0 Å². The van der Waals surface area contributed by atoms with Crippen LogP contribution in [-0.2, 0) is 17.8 Å². The molecular formula is C20H31N5O3. The molecule has 0 saturated carbocycles. The van der Waals surface area contributed by atoms with Gasteiger partial charge in [0.2, 0.25) is 5.91 Å². The van der Waals surface area contributed by atoms with Crippen LogP contribution in [0.5, 0.6) is 0 Å². The first kappa shape index (κ1) is 21.5. The fourth-order valence-corrected chi connectivity index (χ4v) is 2.70. The van der Waals surface area contributed by atoms with Crippen molar-refractivity contribution in [3.8, 4) is 0 Å². The molecule has 2 aromatic rings. The first-order chi connectivity index (χ1) is 13.5. The third kappa shape index (κ3) is 6.75. The summed E-state index contributed by atoms with van der Waals surface area (Å²) >= 11 is 0. The topological polar surface area (TPSA) is 95.9 Å². The van der Waals surface area contributed by atoms with Crippen LogP contribution < -0.4 is 10.6 Å². The van der Waals surface area contributed by atoms with Gasteiger partial charge in [-0.25, -0.2) is 4.99 Å². The maximum Gasteiger partial charge on any atom is 0.243 e. The first-order valence-corrected chi connectivity index (χ1v) is 9.73. The Hall–Kier alpha value is -2.77. The second-order valence-electron chi connectivity index (χ2n) is 6.79. The fraction of sp³-hybridized carbons (Fsp3) is 0.550. The minimum absolute atomic E-state index is 0.0668. The van der Waals surface area contributed by atoms with Crippen molar-refractivity contribution in [1.29, 1.82) is 0 Å². The van der Waals surface area contributed by atoms with Gasteiger partial charge in [0, 0.05) is 39.0 Å². The second-order valence-corrected chi connectivity index (χ2v) is 6.79. The molecule has 0 aliphatic heterocycles. The third-order valence-corrected chi connectivity index (χ3v) is 4.53. The zero-order chi connectivity index (χ0) is 20.4. The van der Waals surface area contributed by atoms with Crippen molar-refractivity contribution in [2.45, 2.75) is 45.6 Å². The average Bonchev–Trinajstić information content (AvgIpc) is 3.36. The van der Waals surface area contributed by atoms with Crippen LogP contribution in [-0.4, -0.2) is 49.1 Å². The molecule has 8 heteroatoms. The number of guanidine groups is 1. The Kier molecular flexibility index (Phi) is 8.58. The van der Waals surface area contributed by atoms with Crippen molar-refractivity contribution in [3.63, 3.8) is 0 Å². The molecular weight excluding hydrogens is 358 g/mol. The monoisotopic (exact) mass is 389 g/mol. The molecule has 0 unspecified atom stereocenters. The Morgan fingerprint density at radius 3 is 2.68 bits per heavy atom. The summed E-state index contributed by atoms with van der Waals surface area (Å²) in [4.78, 5) is 17.7. The SMILES string of the molecule is CCC(CC)c1cc(CNC(=NCC(=O)N(C)C)NCCc2ccco2)on1. The van der Waals surface area contributed by atoms with E-state index in [0.29, 0.717) is 25.0 Å². The van der Waals surface area contributed by atoms with Crippen LogP contribution in [0.15, 0.2) is 38.4 Å². The van der Waals surface area contributed by atoms with Crippen LogP contribution in [0.2, 0.25) is 0 Å². The quantitative estimate of drug-likeness (QED) is 0.479. The van der Waals surface area contributed by atoms with E-state index in [4.69, 9.17) is 8.94 Å². The molecule has 1 amide bonds. The highest BCUT2D eigenvalue weighted by molar-refractivity contribution is 5.84. The molecule has 2 heterocycles. The highest BCUT2D eigenvalue weighted by Crippen LogP contribution is 2.22. The lowest BCUT2D eigenvalue weighted by Gasteiger charge is -2.12. The molecule has 2 rings (SSSR count). The van der Waals surface area contributed by atoms with Gasteiger partial charge in [0.15, 0.2) is 11.7 Å². The van der Waals surface area contributed by atoms with Gasteiger partial charge < -0.3 is 24.5 Å². The molecule has 0 aromatic carbocycles. The van der Waals surface area contributed by atoms with E-state index in [1.807, 2.05) is 18.2 Å². The van der Waals surface area contributed by atoms with Crippen LogP contribution in [0, 0.1) is 0 Å². The number of likely N-dealkylation sites (N-methyl/N-ethyl adjacent to an activating group) is 1. The number of carbonyl (C=O) groups excluding carboxylic acids is 1. The van der Waals surface area contributed by atoms with Gasteiger partial charge in [-0.05, 0) is 25.0 Å². The van der Waals surface area contributed by atoms with Gasteiger partial charge in [0.25, 0.3) is 0 Å². The van der Waals surface area contributed by atoms with Crippen molar-refractivity contribution >= 4 is 11.9 Å². The summed E-state index contributed by atoms with van der Waals surface area (Å²) in [7, 11) is 3.42. The van der Waals surface area contributed by atoms with Crippen LogP contribution in [0.4, 0.5) is 0 Å². The lowest BCUT2D eigenvalue weighted by Crippen LogP contribution is -2.39. The van der Waals surface area contributed by atoms with Crippen LogP contribution in [0.1, 0.15) is 49.8 Å². The fourth-order valence-electron chi connectivity index (χ4n) is 2.70. The van der Waals surface area contributed by atoms with Crippen LogP contribution in [0.25, 0.3) is 0 Å². The Balaban J connectivity index is 1.93. The summed E-state index contributed by atoms with van der Waals surface area (Å²) in [5.41, 5.74) is 0.980. The molecule has 2 N–H and O–H groups in total. The molecule has 0 aliphatic rings. The maximum absolute atomic E-state index is 11.8. The van der Waals surface area contributed by atoms with E-state index in [0.717, 1.165) is 36.5 Å². The molecule has 0 atom stereocenters. The lowest BCUT2D eigenvalue weighted by atomic mass is 9.99. The van der Waals surface area contributed by atoms with E-state index < -0.39 is 0 Å². The zero-order valence-electron chi connectivity index (χ0n) is 17.2. The number of carbonyl (C=O) groups is 1. The van der Waals surface area contributed by atoms with Crippen molar-refractivity contribution in [1.82, 2.24) is 20.7 Å². The number of nitrogens with zero attached hydrogens (tertiary/aromatic N) is 3. The number of aromatic nitrogens is 1. The largest absolute Gasteiger partial charge is 0.469 e. The van der Waals surface area contributed by atoms with E-state index in [1.54, 1.807) is 20.4 Å². The molecule has 0 spiro atoms. The van der Waals surface area contributed by atoms with E-state index in [9.17, 15) is 4.79 Å². The summed E-state index contributed by atoms with van der Waals surface area (Å²) in [6.07, 6.45) is 4.43. The molecule has 0 fully saturated rings. The highest BCUT2D eigenvalue weighted by atomic mass is 16.5. The molecule has 0 aliphatic carbocycles. The van der Waals surface area contributed by atoms with E-state index in [1.165, 1.54) is 4.90 Å². The predicted octanol–water partition coefficient (Wildman–Crippen LogP) is 2.54. The summed E-state index contributed by atoms with van der Waals surface area (Å²) in [6, 6.07) is 5.77. The van der Waals surface area contributed by atoms with Crippen LogP contribution in [0.3, 0.4) is 0 Å². The minimum Gasteiger partial charge on any atom is -0.469 e. The van der Waals surface area contributed by atoms with Crippen LogP contribution >= 0.6 is 0 Å². The molecule has 2 aromatic heterocycles. The Labute approximate surface area is 166 Å².